The fourth-order valence-electron chi connectivity index (χ4n) is 11.0. The lowest BCUT2D eigenvalue weighted by molar-refractivity contribution is -0.280. The monoisotopic (exact) mass is 387 g/mol. The van der Waals surface area contributed by atoms with Crippen LogP contribution in [-0.2, 0) is 9.53 Å². The van der Waals surface area contributed by atoms with Crippen LogP contribution in [0.5, 0.6) is 0 Å². The number of ether oxygens (including phenoxy) is 1. The first kappa shape index (κ1) is 16.8. The molecular formula is C22H29NO5. The summed E-state index contributed by atoms with van der Waals surface area (Å²) >= 11 is 0. The summed E-state index contributed by atoms with van der Waals surface area (Å²) in [5, 5.41) is 35.1. The molecule has 6 aliphatic carbocycles. The summed E-state index contributed by atoms with van der Waals surface area (Å²) in [5.41, 5.74) is -1.07. The summed E-state index contributed by atoms with van der Waals surface area (Å²) in [4.78, 5) is 14.3. The molecule has 6 saturated carbocycles. The quantitative estimate of drug-likeness (QED) is 0.447. The van der Waals surface area contributed by atoms with Gasteiger partial charge in [0.1, 0.15) is 11.7 Å². The van der Waals surface area contributed by atoms with E-state index in [0.29, 0.717) is 24.8 Å². The van der Waals surface area contributed by atoms with Gasteiger partial charge in [-0.15, -0.1) is 0 Å². The van der Waals surface area contributed by atoms with Crippen molar-refractivity contribution in [2.24, 2.45) is 34.0 Å². The van der Waals surface area contributed by atoms with E-state index in [1.807, 2.05) is 0 Å². The molecule has 3 aliphatic heterocycles. The number of piperidine rings is 2. The smallest absolute Gasteiger partial charge is 0.302 e. The average molecular weight is 387 g/mol. The predicted molar refractivity (Wildman–Crippen MR) is 97.9 cm³/mol. The average Bonchev–Trinajstić information content (AvgIpc) is 2.97. The van der Waals surface area contributed by atoms with Crippen LogP contribution in [0, 0.1) is 34.0 Å². The Bertz CT molecular complexity index is 860. The summed E-state index contributed by atoms with van der Waals surface area (Å²) < 4.78 is 5.75. The van der Waals surface area contributed by atoms with Gasteiger partial charge in [-0.1, -0.05) is 19.1 Å². The lowest BCUT2D eigenvalue weighted by Gasteiger charge is -2.67. The highest BCUT2D eigenvalue weighted by molar-refractivity contribution is 5.66. The summed E-state index contributed by atoms with van der Waals surface area (Å²) in [6, 6.07) is 0.245. The Balaban J connectivity index is 1.49. The number of esters is 1. The van der Waals surface area contributed by atoms with Gasteiger partial charge in [-0.25, -0.2) is 0 Å². The Morgan fingerprint density at radius 2 is 2.00 bits per heavy atom. The molecule has 2 spiro atoms. The molecule has 9 rings (SSSR count). The van der Waals surface area contributed by atoms with Gasteiger partial charge in [0, 0.05) is 48.2 Å². The van der Waals surface area contributed by atoms with Crippen LogP contribution >= 0.6 is 0 Å². The van der Waals surface area contributed by atoms with Crippen LogP contribution in [-0.4, -0.2) is 68.7 Å². The van der Waals surface area contributed by atoms with Gasteiger partial charge in [-0.05, 0) is 37.0 Å². The van der Waals surface area contributed by atoms with Crippen LogP contribution in [0.4, 0.5) is 0 Å². The third kappa shape index (κ3) is 1.26. The van der Waals surface area contributed by atoms with Gasteiger partial charge in [0.15, 0.2) is 0 Å². The second-order valence-electron chi connectivity index (χ2n) is 11.5. The SMILES string of the molecule is C=C1C[C@@]23C[C@H]4[C@@H]5[C@@]6(C)CC(OC(C)=O)C[C@]57[C@@H](N4C6)[C@@]2(O)C(O)[C@H]1[C@@H](O)[C@@H]73. The molecule has 6 nitrogen and oxygen atoms in total. The van der Waals surface area contributed by atoms with Crippen LogP contribution in [0.25, 0.3) is 0 Å². The lowest BCUT2D eigenvalue weighted by Crippen LogP contribution is -2.76. The fraction of sp³-hybridized carbons (Fsp3) is 0.864. The number of carbonyl (C=O) groups excluding carboxylic acids is 1. The number of fused-ring (bicyclic) bond motifs is 1. The molecule has 0 aromatic carbocycles. The van der Waals surface area contributed by atoms with Crippen LogP contribution < -0.4 is 0 Å². The minimum atomic E-state index is -1.20. The Morgan fingerprint density at radius 3 is 2.71 bits per heavy atom. The summed E-state index contributed by atoms with van der Waals surface area (Å²) in [5.74, 6) is -0.379. The minimum Gasteiger partial charge on any atom is -0.463 e. The number of rotatable bonds is 1. The van der Waals surface area contributed by atoms with Crippen molar-refractivity contribution in [3.63, 3.8) is 0 Å². The molecule has 0 aromatic heterocycles. The van der Waals surface area contributed by atoms with Crippen LogP contribution in [0.2, 0.25) is 0 Å². The molecule has 13 atom stereocenters. The van der Waals surface area contributed by atoms with E-state index in [4.69, 9.17) is 4.74 Å². The van der Waals surface area contributed by atoms with Crippen molar-refractivity contribution in [1.82, 2.24) is 4.90 Å². The molecule has 152 valence electrons. The van der Waals surface area contributed by atoms with Crippen LogP contribution in [0.1, 0.15) is 39.5 Å². The van der Waals surface area contributed by atoms with E-state index in [1.165, 1.54) is 6.92 Å². The molecule has 9 fully saturated rings. The highest BCUT2D eigenvalue weighted by atomic mass is 16.5. The molecule has 3 unspecified atom stereocenters. The van der Waals surface area contributed by atoms with E-state index in [2.05, 4.69) is 18.4 Å². The van der Waals surface area contributed by atoms with Gasteiger partial charge in [-0.3, -0.25) is 9.69 Å². The molecule has 6 heteroatoms. The first-order valence-electron chi connectivity index (χ1n) is 10.8. The van der Waals surface area contributed by atoms with Crippen LogP contribution in [0.15, 0.2) is 12.2 Å². The first-order valence-corrected chi connectivity index (χ1v) is 10.8. The molecule has 3 heterocycles. The first-order chi connectivity index (χ1) is 13.1. The predicted octanol–water partition coefficient (Wildman–Crippen LogP) is 0.450. The molecule has 9 bridgehead atoms. The van der Waals surface area contributed by atoms with Gasteiger partial charge in [0.05, 0.1) is 12.2 Å². The van der Waals surface area contributed by atoms with Gasteiger partial charge >= 0.3 is 5.97 Å². The molecule has 28 heavy (non-hydrogen) atoms. The summed E-state index contributed by atoms with van der Waals surface area (Å²) in [7, 11) is 0. The van der Waals surface area contributed by atoms with E-state index in [0.717, 1.165) is 25.0 Å². The Labute approximate surface area is 164 Å². The van der Waals surface area contributed by atoms with E-state index in [-0.39, 0.29) is 34.9 Å². The Kier molecular flexibility index (Phi) is 2.55. The maximum Gasteiger partial charge on any atom is 0.302 e. The number of nitrogens with zero attached hydrogens (tertiary/aromatic N) is 1. The van der Waals surface area contributed by atoms with Crippen LogP contribution in [0.3, 0.4) is 0 Å². The topological polar surface area (TPSA) is 90.2 Å². The van der Waals surface area contributed by atoms with Crippen molar-refractivity contribution in [2.45, 2.75) is 75.5 Å². The van der Waals surface area contributed by atoms with Crippen molar-refractivity contribution in [2.75, 3.05) is 6.54 Å². The van der Waals surface area contributed by atoms with Crippen molar-refractivity contribution in [3.05, 3.63) is 12.2 Å². The third-order valence-electron chi connectivity index (χ3n) is 10.6. The summed E-state index contributed by atoms with van der Waals surface area (Å²) in [6.07, 6.45) is 1.27. The Hall–Kier alpha value is -0.950. The maximum absolute atomic E-state index is 12.2. The van der Waals surface area contributed by atoms with E-state index in [9.17, 15) is 20.1 Å². The van der Waals surface area contributed by atoms with Gasteiger partial charge in [0.2, 0.25) is 0 Å². The highest BCUT2D eigenvalue weighted by Crippen LogP contribution is 2.88. The standard InChI is InChI=1S/C22H29NO5/c1-9-4-20-7-12-15-19(3)5-11(28-10(2)24)6-21(15)16(20)14(25)13(9)17(26)22(20,27)18(21)23(12)8-19/h11-18,25-27H,1,4-8H2,2-3H3/t11?,12-,13+,14+,15+,16+,17?,18+,19-,20-,21-,22-/m0/s1. The third-order valence-corrected chi connectivity index (χ3v) is 10.6. The van der Waals surface area contributed by atoms with Crippen molar-refractivity contribution < 1.29 is 24.9 Å². The molecule has 0 aromatic rings. The fourth-order valence-corrected chi connectivity index (χ4v) is 11.0. The molecule has 3 saturated heterocycles. The van der Waals surface area contributed by atoms with E-state index < -0.39 is 29.1 Å². The number of aliphatic hydroxyl groups excluding tert-OH is 2. The van der Waals surface area contributed by atoms with Crippen molar-refractivity contribution in [3.8, 4) is 0 Å². The van der Waals surface area contributed by atoms with Gasteiger partial charge in [-0.2, -0.15) is 0 Å². The molecule has 0 amide bonds. The molecular weight excluding hydrogens is 358 g/mol. The zero-order valence-electron chi connectivity index (χ0n) is 16.5. The number of carbonyl (C=O) groups is 1. The number of hydrogen-bond donors (Lipinski definition) is 3. The van der Waals surface area contributed by atoms with Gasteiger partial charge in [0.25, 0.3) is 0 Å². The molecule has 9 aliphatic rings. The second kappa shape index (κ2) is 4.25. The number of aliphatic hydroxyl groups is 3. The molecule has 3 N–H and O–H groups in total. The normalized spacial score (nSPS) is 69.3. The van der Waals surface area contributed by atoms with E-state index >= 15 is 0 Å². The highest BCUT2D eigenvalue weighted by Gasteiger charge is 2.94. The minimum absolute atomic E-state index is 0.0237. The van der Waals surface area contributed by atoms with Crippen molar-refractivity contribution >= 4 is 5.97 Å². The second-order valence-corrected chi connectivity index (χ2v) is 11.5. The number of hydrogen-bond acceptors (Lipinski definition) is 6. The summed E-state index contributed by atoms with van der Waals surface area (Å²) in [6.45, 7) is 8.85. The van der Waals surface area contributed by atoms with Gasteiger partial charge < -0.3 is 20.1 Å². The van der Waals surface area contributed by atoms with E-state index in [1.54, 1.807) is 0 Å². The molecule has 0 radical (unpaired) electrons. The largest absolute Gasteiger partial charge is 0.463 e. The Morgan fingerprint density at radius 1 is 1.25 bits per heavy atom. The lowest BCUT2D eigenvalue weighted by atomic mass is 9.39. The maximum atomic E-state index is 12.2. The zero-order chi connectivity index (χ0) is 19.6. The van der Waals surface area contributed by atoms with Crippen molar-refractivity contribution in [1.29, 1.82) is 0 Å². The zero-order valence-corrected chi connectivity index (χ0v) is 16.5.